The van der Waals surface area contributed by atoms with Gasteiger partial charge in [-0.15, -0.1) is 0 Å². The van der Waals surface area contributed by atoms with E-state index in [9.17, 15) is 12.8 Å². The molecule has 0 unspecified atom stereocenters. The molecular weight excluding hydrogens is 370 g/mol. The Kier molecular flexibility index (Phi) is 3.81. The lowest BCUT2D eigenvalue weighted by atomic mass is 10.4. The summed E-state index contributed by atoms with van der Waals surface area (Å²) >= 11 is 2.07. The molecule has 94 valence electrons. The molecule has 0 atom stereocenters. The second kappa shape index (κ2) is 5.19. The number of rotatable bonds is 3. The molecule has 1 heterocycles. The summed E-state index contributed by atoms with van der Waals surface area (Å²) in [5, 5.41) is 0. The molecule has 0 radical (unpaired) electrons. The molecule has 0 aliphatic heterocycles. The van der Waals surface area contributed by atoms with Crippen molar-refractivity contribution in [1.82, 2.24) is 4.98 Å². The minimum Gasteiger partial charge on any atom is -0.263 e. The Labute approximate surface area is 117 Å². The molecule has 0 spiro atoms. The number of pyridine rings is 1. The predicted octanol–water partition coefficient (Wildman–Crippen LogP) is 2.63. The third-order valence-electron chi connectivity index (χ3n) is 2.09. The van der Waals surface area contributed by atoms with Crippen LogP contribution in [0.25, 0.3) is 0 Å². The highest BCUT2D eigenvalue weighted by Gasteiger charge is 2.14. The van der Waals surface area contributed by atoms with E-state index < -0.39 is 15.8 Å². The van der Waals surface area contributed by atoms with E-state index in [1.807, 2.05) is 0 Å². The van der Waals surface area contributed by atoms with Crippen molar-refractivity contribution in [2.24, 2.45) is 0 Å². The Morgan fingerprint density at radius 2 is 1.78 bits per heavy atom. The number of nitrogens with one attached hydrogen (secondary N) is 1. The number of aromatic nitrogens is 1. The van der Waals surface area contributed by atoms with E-state index in [0.717, 1.165) is 15.7 Å². The van der Waals surface area contributed by atoms with Gasteiger partial charge >= 0.3 is 0 Å². The van der Waals surface area contributed by atoms with Crippen molar-refractivity contribution in [2.75, 3.05) is 4.72 Å². The zero-order valence-corrected chi connectivity index (χ0v) is 11.9. The largest absolute Gasteiger partial charge is 0.263 e. The van der Waals surface area contributed by atoms with Crippen molar-refractivity contribution in [2.45, 2.75) is 4.90 Å². The van der Waals surface area contributed by atoms with E-state index in [4.69, 9.17) is 0 Å². The fourth-order valence-electron chi connectivity index (χ4n) is 1.25. The van der Waals surface area contributed by atoms with Crippen molar-refractivity contribution in [3.05, 3.63) is 52.0 Å². The summed E-state index contributed by atoms with van der Waals surface area (Å²) in [6.07, 6.45) is 1.54. The fraction of sp³-hybridized carbons (Fsp3) is 0. The van der Waals surface area contributed by atoms with Gasteiger partial charge in [0.1, 0.15) is 11.6 Å². The van der Waals surface area contributed by atoms with Crippen LogP contribution in [0, 0.1) is 9.39 Å². The number of halogens is 2. The molecule has 1 N–H and O–H groups in total. The van der Waals surface area contributed by atoms with Gasteiger partial charge in [0.15, 0.2) is 0 Å². The SMILES string of the molecule is O=S(=O)(Nc1ccc(I)cn1)c1ccc(F)cc1. The van der Waals surface area contributed by atoms with Crippen LogP contribution in [0.2, 0.25) is 0 Å². The van der Waals surface area contributed by atoms with Crippen LogP contribution < -0.4 is 4.72 Å². The summed E-state index contributed by atoms with van der Waals surface area (Å²) in [5.74, 6) is -0.263. The van der Waals surface area contributed by atoms with Crippen LogP contribution in [0.3, 0.4) is 0 Å². The highest BCUT2D eigenvalue weighted by Crippen LogP contribution is 2.15. The number of sulfonamides is 1. The maximum atomic E-state index is 12.7. The lowest BCUT2D eigenvalue weighted by Crippen LogP contribution is -2.13. The molecule has 1 aromatic heterocycles. The fourth-order valence-corrected chi connectivity index (χ4v) is 2.57. The van der Waals surface area contributed by atoms with Crippen molar-refractivity contribution >= 4 is 38.4 Å². The maximum absolute atomic E-state index is 12.7. The summed E-state index contributed by atoms with van der Waals surface area (Å²) in [4.78, 5) is 3.92. The first-order valence-corrected chi connectivity index (χ1v) is 7.43. The molecular formula is C11H8FIN2O2S. The molecule has 0 fully saturated rings. The van der Waals surface area contributed by atoms with Crippen molar-refractivity contribution in [1.29, 1.82) is 0 Å². The van der Waals surface area contributed by atoms with Gasteiger partial charge in [-0.1, -0.05) is 0 Å². The highest BCUT2D eigenvalue weighted by molar-refractivity contribution is 14.1. The standard InChI is InChI=1S/C11H8FIN2O2S/c12-8-1-4-10(5-2-8)18(16,17)15-11-6-3-9(13)7-14-11/h1-7H,(H,14,15). The van der Waals surface area contributed by atoms with Gasteiger partial charge in [0, 0.05) is 9.77 Å². The Morgan fingerprint density at radius 1 is 1.11 bits per heavy atom. The zero-order valence-electron chi connectivity index (χ0n) is 8.97. The normalized spacial score (nSPS) is 11.2. The molecule has 4 nitrogen and oxygen atoms in total. The van der Waals surface area contributed by atoms with Gasteiger partial charge in [-0.2, -0.15) is 0 Å². The lowest BCUT2D eigenvalue weighted by Gasteiger charge is -2.07. The van der Waals surface area contributed by atoms with Crippen LogP contribution in [0.1, 0.15) is 0 Å². The summed E-state index contributed by atoms with van der Waals surface area (Å²) < 4.78 is 39.8. The molecule has 2 aromatic rings. The monoisotopic (exact) mass is 378 g/mol. The Balaban J connectivity index is 2.27. The summed E-state index contributed by atoms with van der Waals surface area (Å²) in [6, 6.07) is 7.87. The minimum absolute atomic E-state index is 0.00995. The molecule has 0 saturated carbocycles. The molecule has 0 bridgehead atoms. The topological polar surface area (TPSA) is 59.1 Å². The first-order chi connectivity index (χ1) is 8.47. The summed E-state index contributed by atoms with van der Waals surface area (Å²) in [6.45, 7) is 0. The average Bonchev–Trinajstić information content (AvgIpc) is 2.32. The molecule has 0 saturated heterocycles. The Hall–Kier alpha value is -1.22. The van der Waals surface area contributed by atoms with E-state index >= 15 is 0 Å². The number of nitrogens with zero attached hydrogens (tertiary/aromatic N) is 1. The summed E-state index contributed by atoms with van der Waals surface area (Å²) in [7, 11) is -3.72. The van der Waals surface area contributed by atoms with Crippen molar-refractivity contribution < 1.29 is 12.8 Å². The number of hydrogen-bond acceptors (Lipinski definition) is 3. The second-order valence-corrected chi connectivity index (χ2v) is 6.35. The highest BCUT2D eigenvalue weighted by atomic mass is 127. The molecule has 7 heteroatoms. The molecule has 0 aliphatic rings. The second-order valence-electron chi connectivity index (χ2n) is 3.42. The van der Waals surface area contributed by atoms with Gasteiger partial charge in [0.2, 0.25) is 0 Å². The third kappa shape index (κ3) is 3.16. The number of benzene rings is 1. The average molecular weight is 378 g/mol. The first kappa shape index (κ1) is 13.2. The molecule has 18 heavy (non-hydrogen) atoms. The summed E-state index contributed by atoms with van der Waals surface area (Å²) in [5.41, 5.74) is 0. The molecule has 0 amide bonds. The number of hydrogen-bond donors (Lipinski definition) is 1. The molecule has 2 rings (SSSR count). The van der Waals surface area contributed by atoms with Crippen molar-refractivity contribution in [3.63, 3.8) is 0 Å². The van der Waals surface area contributed by atoms with Crippen LogP contribution in [0.4, 0.5) is 10.2 Å². The zero-order chi connectivity index (χ0) is 13.2. The van der Waals surface area contributed by atoms with Gasteiger partial charge in [0.05, 0.1) is 4.90 Å². The van der Waals surface area contributed by atoms with Gasteiger partial charge in [-0.3, -0.25) is 4.72 Å². The first-order valence-electron chi connectivity index (χ1n) is 4.87. The quantitative estimate of drug-likeness (QED) is 0.836. The van der Waals surface area contributed by atoms with Gasteiger partial charge in [-0.25, -0.2) is 17.8 Å². The smallest absolute Gasteiger partial charge is 0.263 e. The predicted molar refractivity (Wildman–Crippen MR) is 74.2 cm³/mol. The van der Waals surface area contributed by atoms with Gasteiger partial charge < -0.3 is 0 Å². The van der Waals surface area contributed by atoms with E-state index in [1.165, 1.54) is 12.1 Å². The van der Waals surface area contributed by atoms with Crippen molar-refractivity contribution in [3.8, 4) is 0 Å². The van der Waals surface area contributed by atoms with Gasteiger partial charge in [-0.05, 0) is 59.0 Å². The Morgan fingerprint density at radius 3 is 2.33 bits per heavy atom. The van der Waals surface area contributed by atoms with Crippen LogP contribution in [-0.2, 0) is 10.0 Å². The van der Waals surface area contributed by atoms with Gasteiger partial charge in [0.25, 0.3) is 10.0 Å². The van der Waals surface area contributed by atoms with E-state index in [1.54, 1.807) is 18.3 Å². The van der Waals surface area contributed by atoms with Crippen LogP contribution >= 0.6 is 22.6 Å². The van der Waals surface area contributed by atoms with E-state index in [-0.39, 0.29) is 10.7 Å². The maximum Gasteiger partial charge on any atom is 0.263 e. The van der Waals surface area contributed by atoms with Crippen LogP contribution in [0.5, 0.6) is 0 Å². The molecule has 0 aliphatic carbocycles. The lowest BCUT2D eigenvalue weighted by molar-refractivity contribution is 0.599. The Bertz CT molecular complexity index is 642. The van der Waals surface area contributed by atoms with E-state index in [2.05, 4.69) is 32.3 Å². The van der Waals surface area contributed by atoms with Crippen LogP contribution in [-0.4, -0.2) is 13.4 Å². The third-order valence-corrected chi connectivity index (χ3v) is 4.10. The minimum atomic E-state index is -3.72. The molecule has 1 aromatic carbocycles. The van der Waals surface area contributed by atoms with Crippen LogP contribution in [0.15, 0.2) is 47.5 Å². The number of anilines is 1. The van der Waals surface area contributed by atoms with E-state index in [0.29, 0.717) is 0 Å².